The molecular weight excluding hydrogens is 607 g/mol. The Morgan fingerprint density at radius 2 is 1.23 bits per heavy atom. The molecule has 0 aromatic carbocycles. The van der Waals surface area contributed by atoms with Crippen LogP contribution in [0.4, 0.5) is 0 Å². The van der Waals surface area contributed by atoms with Gasteiger partial charge in [-0.2, -0.15) is 10.5 Å². The second-order valence-corrected chi connectivity index (χ2v) is 9.59. The number of aldehydes is 1. The minimum Gasteiger partial charge on any atom is -0.465 e. The first-order valence-electron chi connectivity index (χ1n) is 12.6. The number of nitrogens with zero attached hydrogens (tertiary/aromatic N) is 6. The minimum atomic E-state index is -0.401. The normalized spacial score (nSPS) is 9.34. The van der Waals surface area contributed by atoms with Gasteiger partial charge in [-0.05, 0) is 85.3 Å². The van der Waals surface area contributed by atoms with Gasteiger partial charge in [0.25, 0.3) is 0 Å². The summed E-state index contributed by atoms with van der Waals surface area (Å²) in [5.74, 6) is -0.401. The van der Waals surface area contributed by atoms with Crippen molar-refractivity contribution in [3.05, 3.63) is 115 Å². The van der Waals surface area contributed by atoms with Crippen molar-refractivity contribution in [2.24, 2.45) is 0 Å². The van der Waals surface area contributed by atoms with Gasteiger partial charge in [0.05, 0.1) is 25.9 Å². The Hall–Kier alpha value is -4.78. The molecule has 0 saturated heterocycles. The van der Waals surface area contributed by atoms with Crippen LogP contribution in [0.25, 0.3) is 0 Å². The van der Waals surface area contributed by atoms with Crippen LogP contribution in [0.1, 0.15) is 65.5 Å². The molecule has 0 radical (unpaired) electrons. The smallest absolute Gasteiger partial charge is 0.339 e. The largest absolute Gasteiger partial charge is 0.465 e. The fraction of sp³-hybridized carbons (Fsp3) is 0.226. The standard InChI is InChI=1S/C8H8ClNO2.C8H8N2O.C8H6N2O.C7H8ClNO/c1-5-3-6(8(11)12-2)4-10-7(5)9;2*1-6-2-7(5-11)4-10-8(6)3-9;1-5-2-6(4-10)3-9-7(5)8/h3-4H,1-2H3;2,4,11H,5H2,1H3;2,4-5H,1H3;2-3,10H,4H2,1H3. The molecule has 0 spiro atoms. The number of rotatable bonds is 4. The van der Waals surface area contributed by atoms with Gasteiger partial charge >= 0.3 is 5.97 Å². The van der Waals surface area contributed by atoms with Crippen LogP contribution in [0.3, 0.4) is 0 Å². The summed E-state index contributed by atoms with van der Waals surface area (Å²) in [7, 11) is 1.33. The summed E-state index contributed by atoms with van der Waals surface area (Å²) in [5.41, 5.74) is 6.44. The van der Waals surface area contributed by atoms with Crippen LogP contribution in [0.2, 0.25) is 10.3 Å². The fourth-order valence-electron chi connectivity index (χ4n) is 3.10. The molecule has 228 valence electrons. The van der Waals surface area contributed by atoms with Crippen LogP contribution >= 0.6 is 23.2 Å². The first-order chi connectivity index (χ1) is 20.9. The molecular formula is C31H30Cl2N6O5. The molecule has 4 rings (SSSR count). The van der Waals surface area contributed by atoms with E-state index in [1.54, 1.807) is 45.2 Å². The Morgan fingerprint density at radius 1 is 0.773 bits per heavy atom. The first-order valence-corrected chi connectivity index (χ1v) is 13.4. The third-order valence-corrected chi connectivity index (χ3v) is 6.25. The third kappa shape index (κ3) is 12.2. The highest BCUT2D eigenvalue weighted by Crippen LogP contribution is 2.13. The van der Waals surface area contributed by atoms with Crippen molar-refractivity contribution in [3.63, 3.8) is 0 Å². The van der Waals surface area contributed by atoms with Gasteiger partial charge in [-0.15, -0.1) is 0 Å². The second kappa shape index (κ2) is 19.4. The van der Waals surface area contributed by atoms with Crippen molar-refractivity contribution in [1.82, 2.24) is 19.9 Å². The number of pyridine rings is 4. The van der Waals surface area contributed by atoms with Crippen molar-refractivity contribution in [2.75, 3.05) is 7.11 Å². The van der Waals surface area contributed by atoms with Gasteiger partial charge in [0.2, 0.25) is 0 Å². The Balaban J connectivity index is 0.000000294. The Bertz CT molecular complexity index is 1670. The van der Waals surface area contributed by atoms with E-state index in [4.69, 9.17) is 43.9 Å². The summed E-state index contributed by atoms with van der Waals surface area (Å²) in [6.45, 7) is 7.17. The Morgan fingerprint density at radius 3 is 1.64 bits per heavy atom. The molecule has 4 aromatic heterocycles. The number of ether oxygens (including phenoxy) is 1. The van der Waals surface area contributed by atoms with Crippen LogP contribution in [-0.4, -0.2) is 49.5 Å². The number of esters is 1. The van der Waals surface area contributed by atoms with Gasteiger partial charge in [-0.3, -0.25) is 4.79 Å². The highest BCUT2D eigenvalue weighted by molar-refractivity contribution is 6.30. The number of carbonyl (C=O) groups is 2. The van der Waals surface area contributed by atoms with Crippen molar-refractivity contribution < 1.29 is 24.5 Å². The SMILES string of the molecule is COC(=O)c1cnc(Cl)c(C)c1.Cc1cc(C=O)cnc1C#N.Cc1cc(CO)cnc1C#N.Cc1cc(CO)cnc1Cl. The van der Waals surface area contributed by atoms with E-state index in [-0.39, 0.29) is 13.2 Å². The van der Waals surface area contributed by atoms with Gasteiger partial charge in [-0.1, -0.05) is 23.2 Å². The van der Waals surface area contributed by atoms with E-state index in [2.05, 4.69) is 24.7 Å². The van der Waals surface area contributed by atoms with E-state index in [1.165, 1.54) is 25.7 Å². The lowest BCUT2D eigenvalue weighted by Gasteiger charge is -2.00. The second-order valence-electron chi connectivity index (χ2n) is 8.88. The van der Waals surface area contributed by atoms with Gasteiger partial charge < -0.3 is 14.9 Å². The number of methoxy groups -OCH3 is 1. The lowest BCUT2D eigenvalue weighted by Crippen LogP contribution is -2.02. The van der Waals surface area contributed by atoms with E-state index < -0.39 is 5.97 Å². The maximum atomic E-state index is 11.0. The van der Waals surface area contributed by atoms with Crippen molar-refractivity contribution in [1.29, 1.82) is 10.5 Å². The molecule has 0 aliphatic rings. The molecule has 0 aliphatic carbocycles. The van der Waals surface area contributed by atoms with Crippen LogP contribution in [-0.2, 0) is 18.0 Å². The molecule has 0 fully saturated rings. The summed E-state index contributed by atoms with van der Waals surface area (Å²) in [6, 6.07) is 10.7. The summed E-state index contributed by atoms with van der Waals surface area (Å²) >= 11 is 11.3. The van der Waals surface area contributed by atoms with Gasteiger partial charge in [0.15, 0.2) is 6.29 Å². The Kier molecular flexibility index (Phi) is 16.4. The lowest BCUT2D eigenvalue weighted by molar-refractivity contribution is 0.0600. The molecule has 0 atom stereocenters. The predicted octanol–water partition coefficient (Wildman–Crippen LogP) is 5.19. The number of aliphatic hydroxyl groups is 2. The molecule has 4 aromatic rings. The molecule has 2 N–H and O–H groups in total. The number of aliphatic hydroxyl groups excluding tert-OH is 2. The zero-order valence-corrected chi connectivity index (χ0v) is 26.2. The van der Waals surface area contributed by atoms with Crippen LogP contribution in [0.15, 0.2) is 49.1 Å². The monoisotopic (exact) mass is 636 g/mol. The number of hydrogen-bond acceptors (Lipinski definition) is 11. The van der Waals surface area contributed by atoms with E-state index in [0.717, 1.165) is 33.4 Å². The molecule has 0 aliphatic heterocycles. The van der Waals surface area contributed by atoms with Crippen LogP contribution in [0, 0.1) is 50.4 Å². The van der Waals surface area contributed by atoms with Crippen molar-refractivity contribution in [2.45, 2.75) is 40.9 Å². The number of halogens is 2. The van der Waals surface area contributed by atoms with Crippen LogP contribution in [0.5, 0.6) is 0 Å². The quantitative estimate of drug-likeness (QED) is 0.170. The number of hydrogen-bond donors (Lipinski definition) is 2. The molecule has 44 heavy (non-hydrogen) atoms. The van der Waals surface area contributed by atoms with E-state index >= 15 is 0 Å². The van der Waals surface area contributed by atoms with E-state index in [9.17, 15) is 9.59 Å². The number of nitriles is 2. The highest BCUT2D eigenvalue weighted by Gasteiger charge is 2.07. The van der Waals surface area contributed by atoms with Crippen molar-refractivity contribution in [3.8, 4) is 12.1 Å². The maximum Gasteiger partial charge on any atom is 0.339 e. The molecule has 0 saturated carbocycles. The first kappa shape index (κ1) is 37.2. The fourth-order valence-corrected chi connectivity index (χ4v) is 3.31. The number of carbonyl (C=O) groups excluding carboxylic acids is 2. The summed E-state index contributed by atoms with van der Waals surface area (Å²) < 4.78 is 4.51. The Labute approximate surface area is 265 Å². The topological polar surface area (TPSA) is 183 Å². The van der Waals surface area contributed by atoms with E-state index in [1.807, 2.05) is 25.1 Å². The number of aromatic nitrogens is 4. The minimum absolute atomic E-state index is 0.0189. The molecule has 11 nitrogen and oxygen atoms in total. The van der Waals surface area contributed by atoms with Gasteiger partial charge in [-0.25, -0.2) is 24.7 Å². The summed E-state index contributed by atoms with van der Waals surface area (Å²) in [5, 5.41) is 35.3. The maximum absolute atomic E-state index is 11.0. The average Bonchev–Trinajstić information content (AvgIpc) is 3.04. The average molecular weight is 638 g/mol. The summed E-state index contributed by atoms with van der Waals surface area (Å²) in [6.07, 6.45) is 6.56. The summed E-state index contributed by atoms with van der Waals surface area (Å²) in [4.78, 5) is 36.5. The lowest BCUT2D eigenvalue weighted by atomic mass is 10.2. The van der Waals surface area contributed by atoms with Crippen molar-refractivity contribution >= 4 is 35.5 Å². The zero-order valence-electron chi connectivity index (χ0n) is 24.7. The molecule has 0 unspecified atom stereocenters. The number of aryl methyl sites for hydroxylation is 4. The van der Waals surface area contributed by atoms with E-state index in [0.29, 0.717) is 39.1 Å². The molecule has 13 heteroatoms. The van der Waals surface area contributed by atoms with Gasteiger partial charge in [0.1, 0.15) is 33.8 Å². The third-order valence-electron chi connectivity index (χ3n) is 5.45. The highest BCUT2D eigenvalue weighted by atomic mass is 35.5. The zero-order chi connectivity index (χ0) is 33.2. The molecule has 4 heterocycles. The van der Waals surface area contributed by atoms with Crippen LogP contribution < -0.4 is 0 Å². The molecule has 0 bridgehead atoms. The predicted molar refractivity (Wildman–Crippen MR) is 164 cm³/mol. The molecule has 0 amide bonds. The van der Waals surface area contributed by atoms with Gasteiger partial charge in [0, 0.05) is 30.4 Å².